The summed E-state index contributed by atoms with van der Waals surface area (Å²) in [5.74, 6) is 1.49. The number of nitrogens with zero attached hydrogens (tertiary/aromatic N) is 1. The van der Waals surface area contributed by atoms with Gasteiger partial charge in [-0.25, -0.2) is 0 Å². The van der Waals surface area contributed by atoms with Gasteiger partial charge in [-0.15, -0.1) is 0 Å². The number of nitrogens with two attached hydrogens (primary N) is 1. The summed E-state index contributed by atoms with van der Waals surface area (Å²) in [5, 5.41) is 0. The van der Waals surface area contributed by atoms with Gasteiger partial charge in [-0.1, -0.05) is 12.1 Å². The quantitative estimate of drug-likeness (QED) is 0.799. The molecule has 0 bridgehead atoms. The number of rotatable bonds is 3. The van der Waals surface area contributed by atoms with Crippen molar-refractivity contribution in [2.45, 2.75) is 5.41 Å². The van der Waals surface area contributed by atoms with E-state index in [2.05, 4.69) is 30.1 Å². The largest absolute Gasteiger partial charge is 0.399 e. The maximum Gasteiger partial charge on any atom is 0.0565 e. The second kappa shape index (κ2) is 3.72. The van der Waals surface area contributed by atoms with Gasteiger partial charge >= 0.3 is 0 Å². The molecule has 0 amide bonds. The monoisotopic (exact) mass is 232 g/mol. The molecule has 1 unspecified atom stereocenters. The van der Waals surface area contributed by atoms with Crippen molar-refractivity contribution in [3.63, 3.8) is 0 Å². The number of nitrogen functional groups attached to an aromatic ring is 1. The van der Waals surface area contributed by atoms with Gasteiger partial charge < -0.3 is 15.4 Å². The van der Waals surface area contributed by atoms with Gasteiger partial charge in [-0.05, 0) is 36.6 Å². The highest BCUT2D eigenvalue weighted by Crippen LogP contribution is 2.63. The van der Waals surface area contributed by atoms with Crippen LogP contribution in [0.15, 0.2) is 24.3 Å². The normalized spacial score (nSPS) is 35.9. The van der Waals surface area contributed by atoms with E-state index in [0.29, 0.717) is 0 Å². The maximum absolute atomic E-state index is 5.91. The number of piperidine rings is 1. The number of hydrogen-bond donors (Lipinski definition) is 1. The average Bonchev–Trinajstić information content (AvgIpc) is 2.69. The molecule has 2 fully saturated rings. The van der Waals surface area contributed by atoms with Crippen LogP contribution in [0.3, 0.4) is 0 Å². The summed E-state index contributed by atoms with van der Waals surface area (Å²) in [6, 6.07) is 8.33. The van der Waals surface area contributed by atoms with E-state index in [9.17, 15) is 0 Å². The third kappa shape index (κ3) is 1.49. The third-order valence-electron chi connectivity index (χ3n) is 4.52. The molecule has 3 nitrogen and oxygen atoms in total. The number of hydrogen-bond acceptors (Lipinski definition) is 3. The molecule has 2 N–H and O–H groups in total. The highest BCUT2D eigenvalue weighted by atomic mass is 16.5. The third-order valence-corrected chi connectivity index (χ3v) is 4.52. The first-order valence-electron chi connectivity index (χ1n) is 6.22. The van der Waals surface area contributed by atoms with E-state index in [1.165, 1.54) is 18.7 Å². The zero-order valence-electron chi connectivity index (χ0n) is 10.5. The molecule has 1 aromatic rings. The predicted octanol–water partition coefficient (Wildman–Crippen LogP) is 1.34. The van der Waals surface area contributed by atoms with Crippen molar-refractivity contribution in [3.8, 4) is 0 Å². The van der Waals surface area contributed by atoms with Crippen LogP contribution < -0.4 is 5.73 Å². The molecule has 1 heterocycles. The minimum atomic E-state index is 0.233. The molecule has 1 aliphatic heterocycles. The number of ether oxygens (including phenoxy) is 1. The van der Waals surface area contributed by atoms with E-state index in [4.69, 9.17) is 10.5 Å². The first-order valence-corrected chi connectivity index (χ1v) is 6.22. The van der Waals surface area contributed by atoms with E-state index in [1.54, 1.807) is 7.11 Å². The first kappa shape index (κ1) is 11.1. The Morgan fingerprint density at radius 3 is 2.71 bits per heavy atom. The van der Waals surface area contributed by atoms with E-state index in [-0.39, 0.29) is 5.41 Å². The lowest BCUT2D eigenvalue weighted by atomic mass is 9.90. The highest BCUT2D eigenvalue weighted by molar-refractivity contribution is 5.48. The molecule has 1 saturated heterocycles. The fourth-order valence-electron chi connectivity index (χ4n) is 3.72. The van der Waals surface area contributed by atoms with Crippen molar-refractivity contribution in [2.75, 3.05) is 39.6 Å². The van der Waals surface area contributed by atoms with Gasteiger partial charge in [0.2, 0.25) is 0 Å². The topological polar surface area (TPSA) is 38.5 Å². The summed E-state index contributed by atoms with van der Waals surface area (Å²) in [5.41, 5.74) is 8.36. The summed E-state index contributed by atoms with van der Waals surface area (Å²) < 4.78 is 5.48. The molecule has 0 spiro atoms. The van der Waals surface area contributed by atoms with Crippen LogP contribution in [0.2, 0.25) is 0 Å². The summed E-state index contributed by atoms with van der Waals surface area (Å²) >= 11 is 0. The van der Waals surface area contributed by atoms with Crippen LogP contribution in [-0.4, -0.2) is 38.8 Å². The fourth-order valence-corrected chi connectivity index (χ4v) is 3.72. The first-order chi connectivity index (χ1) is 8.18. The van der Waals surface area contributed by atoms with Gasteiger partial charge in [-0.3, -0.25) is 0 Å². The van der Waals surface area contributed by atoms with Gasteiger partial charge in [0, 0.05) is 31.3 Å². The Morgan fingerprint density at radius 2 is 2.12 bits per heavy atom. The maximum atomic E-state index is 5.91. The van der Waals surface area contributed by atoms with Gasteiger partial charge in [-0.2, -0.15) is 0 Å². The number of anilines is 1. The van der Waals surface area contributed by atoms with E-state index in [1.807, 2.05) is 6.07 Å². The Kier molecular flexibility index (Phi) is 2.42. The van der Waals surface area contributed by atoms with Crippen LogP contribution in [0.5, 0.6) is 0 Å². The lowest BCUT2D eigenvalue weighted by Gasteiger charge is -2.24. The molecule has 1 aromatic carbocycles. The summed E-state index contributed by atoms with van der Waals surface area (Å²) in [7, 11) is 3.99. The summed E-state index contributed by atoms with van der Waals surface area (Å²) in [6.45, 7) is 3.19. The lowest BCUT2D eigenvalue weighted by molar-refractivity contribution is 0.147. The van der Waals surface area contributed by atoms with Crippen molar-refractivity contribution in [3.05, 3.63) is 29.8 Å². The number of benzene rings is 1. The van der Waals surface area contributed by atoms with E-state index >= 15 is 0 Å². The van der Waals surface area contributed by atoms with Gasteiger partial charge in [0.15, 0.2) is 0 Å². The molecule has 17 heavy (non-hydrogen) atoms. The Balaban J connectivity index is 1.93. The molecule has 0 aromatic heterocycles. The summed E-state index contributed by atoms with van der Waals surface area (Å²) in [6.07, 6.45) is 0. The molecule has 3 heteroatoms. The Bertz CT molecular complexity index is 420. The Hall–Kier alpha value is -1.06. The Morgan fingerprint density at radius 1 is 1.41 bits per heavy atom. The molecule has 3 atom stereocenters. The minimum absolute atomic E-state index is 0.233. The molecule has 1 saturated carbocycles. The zero-order chi connectivity index (χ0) is 12.0. The van der Waals surface area contributed by atoms with Crippen molar-refractivity contribution in [2.24, 2.45) is 11.8 Å². The molecular formula is C14H20N2O. The van der Waals surface area contributed by atoms with Crippen molar-refractivity contribution >= 4 is 5.69 Å². The molecule has 92 valence electrons. The van der Waals surface area contributed by atoms with Crippen molar-refractivity contribution in [1.82, 2.24) is 4.90 Å². The molecule has 2 aliphatic rings. The molecule has 1 aliphatic carbocycles. The SMILES string of the molecule is COCC1(c2cccc(N)c2)[C@@H]2CN(C)C[C@@H]21. The van der Waals surface area contributed by atoms with Crippen LogP contribution in [0.1, 0.15) is 5.56 Å². The van der Waals surface area contributed by atoms with Crippen LogP contribution in [-0.2, 0) is 10.2 Å². The average molecular weight is 232 g/mol. The number of likely N-dealkylation sites (tertiary alicyclic amines) is 1. The summed E-state index contributed by atoms with van der Waals surface area (Å²) in [4.78, 5) is 2.41. The molecular weight excluding hydrogens is 212 g/mol. The second-order valence-electron chi connectivity index (χ2n) is 5.53. The minimum Gasteiger partial charge on any atom is -0.399 e. The van der Waals surface area contributed by atoms with Crippen LogP contribution >= 0.6 is 0 Å². The predicted molar refractivity (Wildman–Crippen MR) is 68.9 cm³/mol. The molecule has 3 rings (SSSR count). The van der Waals surface area contributed by atoms with Gasteiger partial charge in [0.1, 0.15) is 0 Å². The second-order valence-corrected chi connectivity index (χ2v) is 5.53. The van der Waals surface area contributed by atoms with Crippen LogP contribution in [0, 0.1) is 11.8 Å². The van der Waals surface area contributed by atoms with Crippen LogP contribution in [0.4, 0.5) is 5.69 Å². The standard InChI is InChI=1S/C14H20N2O/c1-16-7-12-13(8-16)14(12,9-17-2)10-4-3-5-11(15)6-10/h3-6,12-13H,7-9,15H2,1-2H3/t12-,13+,14?. The highest BCUT2D eigenvalue weighted by Gasteiger charge is 2.68. The Labute approximate surface area is 103 Å². The molecule has 0 radical (unpaired) electrons. The van der Waals surface area contributed by atoms with Crippen LogP contribution in [0.25, 0.3) is 0 Å². The lowest BCUT2D eigenvalue weighted by Crippen LogP contribution is -2.30. The van der Waals surface area contributed by atoms with Gasteiger partial charge in [0.05, 0.1) is 6.61 Å². The smallest absolute Gasteiger partial charge is 0.0565 e. The van der Waals surface area contributed by atoms with Crippen molar-refractivity contribution < 1.29 is 4.74 Å². The van der Waals surface area contributed by atoms with E-state index in [0.717, 1.165) is 24.1 Å². The zero-order valence-corrected chi connectivity index (χ0v) is 10.5. The van der Waals surface area contributed by atoms with Gasteiger partial charge in [0.25, 0.3) is 0 Å². The fraction of sp³-hybridized carbons (Fsp3) is 0.571. The van der Waals surface area contributed by atoms with E-state index < -0.39 is 0 Å². The number of fused-ring (bicyclic) bond motifs is 1. The number of methoxy groups -OCH3 is 1. The van der Waals surface area contributed by atoms with Crippen molar-refractivity contribution in [1.29, 1.82) is 0 Å².